The van der Waals surface area contributed by atoms with Crippen molar-refractivity contribution < 1.29 is 27.9 Å². The van der Waals surface area contributed by atoms with Gasteiger partial charge in [-0.05, 0) is 42.9 Å². The molecule has 1 aromatic carbocycles. The lowest BCUT2D eigenvalue weighted by Crippen LogP contribution is -2.39. The van der Waals surface area contributed by atoms with Gasteiger partial charge in [0.2, 0.25) is 5.91 Å². The van der Waals surface area contributed by atoms with Gasteiger partial charge >= 0.3 is 12.1 Å². The number of carbonyl (C=O) groups excluding carboxylic acids is 1. The summed E-state index contributed by atoms with van der Waals surface area (Å²) in [5, 5.41) is 16.0. The number of likely N-dealkylation sites (tertiary alicyclic amines) is 1. The molecule has 0 spiro atoms. The molecule has 0 atom stereocenters. The molecule has 12 heteroatoms. The lowest BCUT2D eigenvalue weighted by molar-refractivity contribution is -0.192. The summed E-state index contributed by atoms with van der Waals surface area (Å²) < 4.78 is 33.6. The molecule has 176 valence electrons. The van der Waals surface area contributed by atoms with Crippen molar-refractivity contribution >= 4 is 23.5 Å². The van der Waals surface area contributed by atoms with E-state index in [9.17, 15) is 18.0 Å². The monoisotopic (exact) mass is 475 g/mol. The largest absolute Gasteiger partial charge is 0.490 e. The number of halogens is 4. The Morgan fingerprint density at radius 1 is 1.19 bits per heavy atom. The first-order valence-electron chi connectivity index (χ1n) is 10.00. The number of carboxylic acids is 1. The number of rotatable bonds is 6. The Morgan fingerprint density at radius 2 is 1.78 bits per heavy atom. The molecule has 1 fully saturated rings. The standard InChI is InChI=1S/C18H24ClN5O.C2HF3O2/c19-16-4-1-14(2-5-16)3-6-18(25)23-9-7-15(8-10-23)12-24-13-17(11-20)21-22-24;3-2(4,5)1(6)7/h1-2,4-5,13,15H,3,6-12,20H2;(H,6,7). The summed E-state index contributed by atoms with van der Waals surface area (Å²) in [6.07, 6.45) is 0.143. The summed E-state index contributed by atoms with van der Waals surface area (Å²) in [4.78, 5) is 23.3. The summed E-state index contributed by atoms with van der Waals surface area (Å²) >= 11 is 5.89. The first kappa shape index (κ1) is 25.6. The second-order valence-electron chi connectivity index (χ2n) is 7.39. The number of alkyl halides is 3. The van der Waals surface area contributed by atoms with Crippen molar-refractivity contribution in [2.45, 2.75) is 44.9 Å². The predicted octanol–water partition coefficient (Wildman–Crippen LogP) is 2.89. The van der Waals surface area contributed by atoms with Gasteiger partial charge < -0.3 is 15.7 Å². The number of carboxylic acid groups (broad SMARTS) is 1. The zero-order valence-corrected chi connectivity index (χ0v) is 18.0. The van der Waals surface area contributed by atoms with E-state index in [1.54, 1.807) is 0 Å². The maximum absolute atomic E-state index is 12.4. The third-order valence-electron chi connectivity index (χ3n) is 4.99. The fraction of sp³-hybridized carbons (Fsp3) is 0.500. The molecule has 0 unspecified atom stereocenters. The maximum atomic E-state index is 12.4. The number of amides is 1. The molecule has 2 aromatic rings. The van der Waals surface area contributed by atoms with Crippen molar-refractivity contribution in [3.8, 4) is 0 Å². The van der Waals surface area contributed by atoms with Gasteiger partial charge in [0.1, 0.15) is 0 Å². The van der Waals surface area contributed by atoms with Gasteiger partial charge in [-0.1, -0.05) is 28.9 Å². The van der Waals surface area contributed by atoms with Crippen LogP contribution in [-0.4, -0.2) is 56.1 Å². The van der Waals surface area contributed by atoms with Crippen LogP contribution in [0.25, 0.3) is 0 Å². The quantitative estimate of drug-likeness (QED) is 0.664. The van der Waals surface area contributed by atoms with Crippen molar-refractivity contribution in [1.29, 1.82) is 0 Å². The van der Waals surface area contributed by atoms with Crippen LogP contribution < -0.4 is 5.73 Å². The molecule has 2 heterocycles. The highest BCUT2D eigenvalue weighted by Crippen LogP contribution is 2.20. The number of hydrogen-bond acceptors (Lipinski definition) is 5. The zero-order chi connectivity index (χ0) is 23.7. The summed E-state index contributed by atoms with van der Waals surface area (Å²) in [6, 6.07) is 7.70. The van der Waals surface area contributed by atoms with Gasteiger partial charge in [-0.2, -0.15) is 13.2 Å². The number of aliphatic carboxylic acids is 1. The SMILES string of the molecule is NCc1cn(CC2CCN(C(=O)CCc3ccc(Cl)cc3)CC2)nn1.O=C(O)C(F)(F)F. The van der Waals surface area contributed by atoms with E-state index in [4.69, 9.17) is 27.2 Å². The van der Waals surface area contributed by atoms with Gasteiger partial charge in [-0.25, -0.2) is 4.79 Å². The van der Waals surface area contributed by atoms with Crippen LogP contribution in [0, 0.1) is 5.92 Å². The number of hydrogen-bond donors (Lipinski definition) is 2. The van der Waals surface area contributed by atoms with Gasteiger partial charge in [-0.3, -0.25) is 9.48 Å². The summed E-state index contributed by atoms with van der Waals surface area (Å²) in [7, 11) is 0. The number of benzene rings is 1. The summed E-state index contributed by atoms with van der Waals surface area (Å²) in [5.74, 6) is -1.99. The molecular weight excluding hydrogens is 451 g/mol. The van der Waals surface area contributed by atoms with E-state index in [0.717, 1.165) is 55.2 Å². The normalized spacial score (nSPS) is 14.6. The summed E-state index contributed by atoms with van der Waals surface area (Å²) in [5.41, 5.74) is 7.52. The second-order valence-corrected chi connectivity index (χ2v) is 7.83. The van der Waals surface area contributed by atoms with Crippen LogP contribution in [0.4, 0.5) is 13.2 Å². The molecule has 8 nitrogen and oxygen atoms in total. The minimum absolute atomic E-state index is 0.236. The molecule has 1 aliphatic heterocycles. The molecule has 0 aliphatic carbocycles. The maximum Gasteiger partial charge on any atom is 0.490 e. The van der Waals surface area contributed by atoms with E-state index in [-0.39, 0.29) is 5.91 Å². The second kappa shape index (κ2) is 11.8. The fourth-order valence-electron chi connectivity index (χ4n) is 3.21. The van der Waals surface area contributed by atoms with E-state index < -0.39 is 12.1 Å². The topological polar surface area (TPSA) is 114 Å². The molecule has 0 saturated carbocycles. The van der Waals surface area contributed by atoms with E-state index in [2.05, 4.69) is 10.3 Å². The Labute approximate surface area is 188 Å². The predicted molar refractivity (Wildman–Crippen MR) is 111 cm³/mol. The molecule has 1 saturated heterocycles. The first-order valence-corrected chi connectivity index (χ1v) is 10.4. The molecule has 0 radical (unpaired) electrons. The number of aromatic nitrogens is 3. The lowest BCUT2D eigenvalue weighted by atomic mass is 9.96. The highest BCUT2D eigenvalue weighted by Gasteiger charge is 2.38. The number of aryl methyl sites for hydroxylation is 1. The van der Waals surface area contributed by atoms with Gasteiger partial charge in [-0.15, -0.1) is 5.10 Å². The Bertz CT molecular complexity index is 881. The average Bonchev–Trinajstić information content (AvgIpc) is 3.21. The molecule has 0 bridgehead atoms. The van der Waals surface area contributed by atoms with Crippen molar-refractivity contribution in [3.63, 3.8) is 0 Å². The third kappa shape index (κ3) is 8.46. The number of nitrogens with two attached hydrogens (primary N) is 1. The smallest absolute Gasteiger partial charge is 0.475 e. The zero-order valence-electron chi connectivity index (χ0n) is 17.3. The van der Waals surface area contributed by atoms with Crippen LogP contribution in [0.3, 0.4) is 0 Å². The number of nitrogens with zero attached hydrogens (tertiary/aromatic N) is 4. The summed E-state index contributed by atoms with van der Waals surface area (Å²) in [6.45, 7) is 2.91. The van der Waals surface area contributed by atoms with Crippen LogP contribution in [0.1, 0.15) is 30.5 Å². The molecular formula is C20H25ClF3N5O3. The highest BCUT2D eigenvalue weighted by molar-refractivity contribution is 6.30. The van der Waals surface area contributed by atoms with Crippen LogP contribution in [0.2, 0.25) is 5.02 Å². The van der Waals surface area contributed by atoms with Crippen LogP contribution in [0.5, 0.6) is 0 Å². The van der Waals surface area contributed by atoms with Crippen molar-refractivity contribution in [2.75, 3.05) is 13.1 Å². The minimum atomic E-state index is -5.08. The number of carbonyl (C=O) groups is 2. The van der Waals surface area contributed by atoms with E-state index in [0.29, 0.717) is 18.9 Å². The van der Waals surface area contributed by atoms with Gasteiger partial charge in [0, 0.05) is 43.8 Å². The van der Waals surface area contributed by atoms with E-state index in [1.807, 2.05) is 40.0 Å². The molecule has 3 N–H and O–H groups in total. The third-order valence-corrected chi connectivity index (χ3v) is 5.24. The average molecular weight is 476 g/mol. The Hall–Kier alpha value is -2.66. The molecule has 3 rings (SSSR count). The van der Waals surface area contributed by atoms with Crippen molar-refractivity contribution in [1.82, 2.24) is 19.9 Å². The highest BCUT2D eigenvalue weighted by atomic mass is 35.5. The van der Waals surface area contributed by atoms with Gasteiger partial charge in [0.05, 0.1) is 5.69 Å². The van der Waals surface area contributed by atoms with Crippen molar-refractivity contribution in [3.05, 3.63) is 46.7 Å². The minimum Gasteiger partial charge on any atom is -0.475 e. The molecule has 1 amide bonds. The molecule has 1 aliphatic rings. The first-order chi connectivity index (χ1) is 15.1. The van der Waals surface area contributed by atoms with Crippen LogP contribution in [-0.2, 0) is 29.1 Å². The van der Waals surface area contributed by atoms with Crippen molar-refractivity contribution in [2.24, 2.45) is 11.7 Å². The molecule has 32 heavy (non-hydrogen) atoms. The van der Waals surface area contributed by atoms with Crippen LogP contribution >= 0.6 is 11.6 Å². The molecule has 1 aromatic heterocycles. The fourth-order valence-corrected chi connectivity index (χ4v) is 3.34. The lowest BCUT2D eigenvalue weighted by Gasteiger charge is -2.32. The van der Waals surface area contributed by atoms with Gasteiger partial charge in [0.15, 0.2) is 0 Å². The van der Waals surface area contributed by atoms with E-state index >= 15 is 0 Å². The van der Waals surface area contributed by atoms with E-state index in [1.165, 1.54) is 0 Å². The Morgan fingerprint density at radius 3 is 2.28 bits per heavy atom. The van der Waals surface area contributed by atoms with Gasteiger partial charge in [0.25, 0.3) is 0 Å². The Kier molecular flexibility index (Phi) is 9.45. The Balaban J connectivity index is 0.000000451. The van der Waals surface area contributed by atoms with Crippen LogP contribution in [0.15, 0.2) is 30.5 Å². The number of piperidine rings is 1.